The normalized spacial score (nSPS) is 10.5. The van der Waals surface area contributed by atoms with Gasteiger partial charge in [-0.2, -0.15) is 0 Å². The number of benzene rings is 1. The molecule has 0 N–H and O–H groups in total. The summed E-state index contributed by atoms with van der Waals surface area (Å²) < 4.78 is 4.46. The Bertz CT molecular complexity index is 320. The Labute approximate surface area is 89.8 Å². The van der Waals surface area contributed by atoms with Gasteiger partial charge in [0.1, 0.15) is 6.54 Å². The first-order valence-electron chi connectivity index (χ1n) is 4.92. The summed E-state index contributed by atoms with van der Waals surface area (Å²) in [6, 6.07) is 10.2. The van der Waals surface area contributed by atoms with E-state index in [1.165, 1.54) is 12.7 Å². The molecule has 0 heterocycles. The van der Waals surface area contributed by atoms with Crippen LogP contribution in [0, 0.1) is 0 Å². The van der Waals surface area contributed by atoms with Gasteiger partial charge in [0.2, 0.25) is 0 Å². The Morgan fingerprint density at radius 2 is 2.13 bits per heavy atom. The van der Waals surface area contributed by atoms with Crippen molar-refractivity contribution in [2.45, 2.75) is 12.8 Å². The number of rotatable bonds is 5. The molecule has 15 heavy (non-hydrogen) atoms. The Kier molecular flexibility index (Phi) is 5.15. The largest absolute Gasteiger partial charge is 0.468 e. The van der Waals surface area contributed by atoms with Crippen LogP contribution in [0.1, 0.15) is 12.0 Å². The van der Waals surface area contributed by atoms with Crippen LogP contribution in [0.3, 0.4) is 0 Å². The average molecular weight is 205 g/mol. The van der Waals surface area contributed by atoms with Crippen molar-refractivity contribution in [3.8, 4) is 0 Å². The summed E-state index contributed by atoms with van der Waals surface area (Å²) in [6.45, 7) is 0.116. The molecule has 0 aliphatic rings. The number of methoxy groups -OCH3 is 1. The first-order chi connectivity index (χ1) is 7.33. The van der Waals surface area contributed by atoms with E-state index in [1.807, 2.05) is 18.2 Å². The molecule has 3 heteroatoms. The van der Waals surface area contributed by atoms with Crippen LogP contribution in [0.5, 0.6) is 0 Å². The highest BCUT2D eigenvalue weighted by Gasteiger charge is 1.94. The van der Waals surface area contributed by atoms with E-state index in [1.54, 1.807) is 6.21 Å². The maximum atomic E-state index is 10.7. The number of esters is 1. The summed E-state index contributed by atoms with van der Waals surface area (Å²) in [7, 11) is 1.36. The molecule has 0 saturated carbocycles. The topological polar surface area (TPSA) is 38.7 Å². The predicted octanol–water partition coefficient (Wildman–Crippen LogP) is 1.86. The van der Waals surface area contributed by atoms with Gasteiger partial charge < -0.3 is 4.74 Å². The van der Waals surface area contributed by atoms with Gasteiger partial charge in [-0.15, -0.1) is 0 Å². The second kappa shape index (κ2) is 6.76. The third-order valence-corrected chi connectivity index (χ3v) is 1.98. The molecule has 0 aliphatic heterocycles. The minimum Gasteiger partial charge on any atom is -0.468 e. The van der Waals surface area contributed by atoms with Gasteiger partial charge in [-0.1, -0.05) is 30.3 Å². The lowest BCUT2D eigenvalue weighted by molar-refractivity contribution is -0.138. The molecule has 3 nitrogen and oxygen atoms in total. The maximum absolute atomic E-state index is 10.7. The van der Waals surface area contributed by atoms with E-state index in [9.17, 15) is 4.79 Å². The van der Waals surface area contributed by atoms with Gasteiger partial charge in [-0.3, -0.25) is 9.79 Å². The zero-order valence-corrected chi connectivity index (χ0v) is 8.85. The van der Waals surface area contributed by atoms with Gasteiger partial charge in [-0.05, 0) is 24.6 Å². The van der Waals surface area contributed by atoms with Gasteiger partial charge in [-0.25, -0.2) is 0 Å². The van der Waals surface area contributed by atoms with E-state index in [-0.39, 0.29) is 12.5 Å². The SMILES string of the molecule is COC(=O)CN=CCCc1ccccc1. The van der Waals surface area contributed by atoms with E-state index in [0.717, 1.165) is 12.8 Å². The molecule has 0 bridgehead atoms. The molecule has 1 rings (SSSR count). The van der Waals surface area contributed by atoms with Gasteiger partial charge in [0.25, 0.3) is 0 Å². The molecule has 0 aromatic heterocycles. The van der Waals surface area contributed by atoms with Crippen molar-refractivity contribution in [1.29, 1.82) is 0 Å². The second-order valence-corrected chi connectivity index (χ2v) is 3.12. The number of hydrogen-bond donors (Lipinski definition) is 0. The highest BCUT2D eigenvalue weighted by molar-refractivity contribution is 5.73. The number of aryl methyl sites for hydroxylation is 1. The number of aliphatic imine (C=N–C) groups is 1. The lowest BCUT2D eigenvalue weighted by Crippen LogP contribution is -2.04. The fourth-order valence-corrected chi connectivity index (χ4v) is 1.17. The minimum atomic E-state index is -0.300. The number of hydrogen-bond acceptors (Lipinski definition) is 3. The number of nitrogens with zero attached hydrogens (tertiary/aromatic N) is 1. The predicted molar refractivity (Wildman–Crippen MR) is 60.1 cm³/mol. The highest BCUT2D eigenvalue weighted by Crippen LogP contribution is 2.00. The van der Waals surface area contributed by atoms with Crippen molar-refractivity contribution < 1.29 is 9.53 Å². The van der Waals surface area contributed by atoms with Crippen LogP contribution < -0.4 is 0 Å². The smallest absolute Gasteiger partial charge is 0.327 e. The summed E-state index contributed by atoms with van der Waals surface area (Å²) in [6.07, 6.45) is 3.57. The van der Waals surface area contributed by atoms with Gasteiger partial charge in [0, 0.05) is 0 Å². The van der Waals surface area contributed by atoms with E-state index < -0.39 is 0 Å². The first-order valence-corrected chi connectivity index (χ1v) is 4.92. The number of carbonyl (C=O) groups is 1. The first kappa shape index (κ1) is 11.4. The van der Waals surface area contributed by atoms with Crippen LogP contribution in [0.25, 0.3) is 0 Å². The number of carbonyl (C=O) groups excluding carboxylic acids is 1. The highest BCUT2D eigenvalue weighted by atomic mass is 16.5. The molecule has 0 spiro atoms. The molecule has 0 atom stereocenters. The zero-order valence-electron chi connectivity index (χ0n) is 8.85. The Hall–Kier alpha value is -1.64. The van der Waals surface area contributed by atoms with Crippen LogP contribution in [0.2, 0.25) is 0 Å². The number of ether oxygens (including phenoxy) is 1. The molecule has 1 aromatic rings. The van der Waals surface area contributed by atoms with E-state index >= 15 is 0 Å². The lowest BCUT2D eigenvalue weighted by Gasteiger charge is -1.96. The lowest BCUT2D eigenvalue weighted by atomic mass is 10.1. The van der Waals surface area contributed by atoms with Crippen molar-refractivity contribution in [1.82, 2.24) is 0 Å². The molecular formula is C12H15NO2. The maximum Gasteiger partial charge on any atom is 0.327 e. The van der Waals surface area contributed by atoms with Crippen molar-refractivity contribution in [2.24, 2.45) is 4.99 Å². The standard InChI is InChI=1S/C12H15NO2/c1-15-12(14)10-13-9-5-8-11-6-3-2-4-7-11/h2-4,6-7,9H,5,8,10H2,1H3. The molecule has 0 aliphatic carbocycles. The van der Waals surface area contributed by atoms with Crippen LogP contribution in [-0.2, 0) is 16.0 Å². The second-order valence-electron chi connectivity index (χ2n) is 3.12. The third kappa shape index (κ3) is 4.96. The molecule has 0 unspecified atom stereocenters. The molecule has 0 radical (unpaired) electrons. The van der Waals surface area contributed by atoms with Gasteiger partial charge in [0.15, 0.2) is 0 Å². The van der Waals surface area contributed by atoms with Crippen molar-refractivity contribution in [2.75, 3.05) is 13.7 Å². The minimum absolute atomic E-state index is 0.116. The van der Waals surface area contributed by atoms with Crippen LogP contribution in [-0.4, -0.2) is 25.8 Å². The summed E-state index contributed by atoms with van der Waals surface area (Å²) in [5.74, 6) is -0.300. The van der Waals surface area contributed by atoms with Gasteiger partial charge in [0.05, 0.1) is 7.11 Å². The van der Waals surface area contributed by atoms with Crippen molar-refractivity contribution in [3.63, 3.8) is 0 Å². The Morgan fingerprint density at radius 3 is 2.80 bits per heavy atom. The van der Waals surface area contributed by atoms with Crippen molar-refractivity contribution in [3.05, 3.63) is 35.9 Å². The summed E-state index contributed by atoms with van der Waals surface area (Å²) >= 11 is 0. The Balaban J connectivity index is 2.19. The van der Waals surface area contributed by atoms with Crippen LogP contribution >= 0.6 is 0 Å². The van der Waals surface area contributed by atoms with E-state index in [4.69, 9.17) is 0 Å². The van der Waals surface area contributed by atoms with E-state index in [0.29, 0.717) is 0 Å². The Morgan fingerprint density at radius 1 is 1.40 bits per heavy atom. The average Bonchev–Trinajstić information content (AvgIpc) is 2.29. The fraction of sp³-hybridized carbons (Fsp3) is 0.333. The zero-order chi connectivity index (χ0) is 10.9. The molecule has 80 valence electrons. The van der Waals surface area contributed by atoms with Crippen LogP contribution in [0.4, 0.5) is 0 Å². The molecule has 0 saturated heterocycles. The molecular weight excluding hydrogens is 190 g/mol. The third-order valence-electron chi connectivity index (χ3n) is 1.98. The fourth-order valence-electron chi connectivity index (χ4n) is 1.17. The van der Waals surface area contributed by atoms with E-state index in [2.05, 4.69) is 21.9 Å². The molecule has 1 aromatic carbocycles. The summed E-state index contributed by atoms with van der Waals surface area (Å²) in [5, 5.41) is 0. The van der Waals surface area contributed by atoms with Crippen molar-refractivity contribution >= 4 is 12.2 Å². The van der Waals surface area contributed by atoms with Gasteiger partial charge >= 0.3 is 5.97 Å². The monoisotopic (exact) mass is 205 g/mol. The van der Waals surface area contributed by atoms with Crippen LogP contribution in [0.15, 0.2) is 35.3 Å². The molecule has 0 fully saturated rings. The molecule has 0 amide bonds. The quantitative estimate of drug-likeness (QED) is 0.543. The summed E-state index contributed by atoms with van der Waals surface area (Å²) in [4.78, 5) is 14.7. The summed E-state index contributed by atoms with van der Waals surface area (Å²) in [5.41, 5.74) is 1.28.